The lowest BCUT2D eigenvalue weighted by Crippen LogP contribution is -2.18. The van der Waals surface area contributed by atoms with Crippen molar-refractivity contribution in [2.75, 3.05) is 30.0 Å². The molecule has 0 heterocycles. The predicted molar refractivity (Wildman–Crippen MR) is 63.4 cm³/mol. The minimum absolute atomic E-state index is 0.738. The third kappa shape index (κ3) is 2.42. The van der Waals surface area contributed by atoms with Gasteiger partial charge in [0.15, 0.2) is 0 Å². The third-order valence-corrected chi connectivity index (χ3v) is 2.08. The van der Waals surface area contributed by atoms with Gasteiger partial charge in [-0.1, -0.05) is 12.2 Å². The SMILES string of the molecule is C/C=C/CN(C)c1cc(N)ccc1N. The van der Waals surface area contributed by atoms with E-state index in [0.717, 1.165) is 23.6 Å². The average molecular weight is 191 g/mol. The molecule has 0 saturated heterocycles. The molecule has 76 valence electrons. The third-order valence-electron chi connectivity index (χ3n) is 2.08. The van der Waals surface area contributed by atoms with Gasteiger partial charge < -0.3 is 16.4 Å². The standard InChI is InChI=1S/C11H17N3/c1-3-4-7-14(2)11-8-9(12)5-6-10(11)13/h3-6,8H,7,12-13H2,1-2H3/b4-3+. The highest BCUT2D eigenvalue weighted by Crippen LogP contribution is 2.24. The highest BCUT2D eigenvalue weighted by Gasteiger charge is 2.03. The molecule has 0 amide bonds. The second kappa shape index (κ2) is 4.56. The van der Waals surface area contributed by atoms with Crippen molar-refractivity contribution in [3.8, 4) is 0 Å². The van der Waals surface area contributed by atoms with E-state index in [1.165, 1.54) is 0 Å². The molecule has 3 heteroatoms. The summed E-state index contributed by atoms with van der Waals surface area (Å²) >= 11 is 0. The van der Waals surface area contributed by atoms with E-state index in [1.807, 2.05) is 38.2 Å². The minimum atomic E-state index is 0.738. The highest BCUT2D eigenvalue weighted by atomic mass is 15.1. The van der Waals surface area contributed by atoms with Gasteiger partial charge in [-0.15, -0.1) is 0 Å². The van der Waals surface area contributed by atoms with Crippen molar-refractivity contribution in [1.29, 1.82) is 0 Å². The monoisotopic (exact) mass is 191 g/mol. The van der Waals surface area contributed by atoms with Crippen LogP contribution in [0.3, 0.4) is 0 Å². The number of hydrogen-bond donors (Lipinski definition) is 2. The number of likely N-dealkylation sites (N-methyl/N-ethyl adjacent to an activating group) is 1. The molecule has 0 atom stereocenters. The van der Waals surface area contributed by atoms with E-state index >= 15 is 0 Å². The molecule has 1 aromatic carbocycles. The first-order chi connectivity index (χ1) is 6.65. The van der Waals surface area contributed by atoms with Gasteiger partial charge in [0.25, 0.3) is 0 Å². The first-order valence-corrected chi connectivity index (χ1v) is 4.62. The molecule has 14 heavy (non-hydrogen) atoms. The Morgan fingerprint density at radius 2 is 2.07 bits per heavy atom. The van der Waals surface area contributed by atoms with Crippen LogP contribution in [0.2, 0.25) is 0 Å². The summed E-state index contributed by atoms with van der Waals surface area (Å²) < 4.78 is 0. The highest BCUT2D eigenvalue weighted by molar-refractivity contribution is 5.71. The molecule has 0 unspecified atom stereocenters. The van der Waals surface area contributed by atoms with E-state index in [4.69, 9.17) is 11.5 Å². The molecular weight excluding hydrogens is 174 g/mol. The summed E-state index contributed by atoms with van der Waals surface area (Å²) in [6.07, 6.45) is 4.08. The van der Waals surface area contributed by atoms with Gasteiger partial charge in [-0.05, 0) is 25.1 Å². The van der Waals surface area contributed by atoms with Gasteiger partial charge in [0.2, 0.25) is 0 Å². The van der Waals surface area contributed by atoms with Crippen LogP contribution in [-0.4, -0.2) is 13.6 Å². The molecule has 1 rings (SSSR count). The van der Waals surface area contributed by atoms with Crippen LogP contribution in [0.4, 0.5) is 17.1 Å². The molecule has 0 saturated carbocycles. The summed E-state index contributed by atoms with van der Waals surface area (Å²) in [5.41, 5.74) is 14.0. The van der Waals surface area contributed by atoms with E-state index in [0.29, 0.717) is 0 Å². The maximum absolute atomic E-state index is 5.84. The first-order valence-electron chi connectivity index (χ1n) is 4.62. The van der Waals surface area contributed by atoms with E-state index in [9.17, 15) is 0 Å². The quantitative estimate of drug-likeness (QED) is 0.566. The Hall–Kier alpha value is -1.64. The zero-order chi connectivity index (χ0) is 10.6. The van der Waals surface area contributed by atoms with Crippen LogP contribution in [0.1, 0.15) is 6.92 Å². The molecule has 0 aliphatic heterocycles. The lowest BCUT2D eigenvalue weighted by Gasteiger charge is -2.19. The van der Waals surface area contributed by atoms with Crippen molar-refractivity contribution >= 4 is 17.1 Å². The normalized spacial score (nSPS) is 10.7. The molecule has 3 nitrogen and oxygen atoms in total. The Kier molecular flexibility index (Phi) is 3.40. The average Bonchev–Trinajstić information content (AvgIpc) is 2.18. The lowest BCUT2D eigenvalue weighted by atomic mass is 10.2. The minimum Gasteiger partial charge on any atom is -0.399 e. The summed E-state index contributed by atoms with van der Waals surface area (Å²) in [4.78, 5) is 2.06. The summed E-state index contributed by atoms with van der Waals surface area (Å²) in [7, 11) is 1.99. The van der Waals surface area contributed by atoms with Crippen LogP contribution < -0.4 is 16.4 Å². The molecule has 1 aromatic rings. The summed E-state index contributed by atoms with van der Waals surface area (Å²) in [6, 6.07) is 5.53. The largest absolute Gasteiger partial charge is 0.399 e. The Morgan fingerprint density at radius 3 is 2.71 bits per heavy atom. The second-order valence-corrected chi connectivity index (χ2v) is 3.27. The van der Waals surface area contributed by atoms with Crippen LogP contribution in [0.5, 0.6) is 0 Å². The van der Waals surface area contributed by atoms with Gasteiger partial charge in [0, 0.05) is 19.3 Å². The van der Waals surface area contributed by atoms with Gasteiger partial charge >= 0.3 is 0 Å². The van der Waals surface area contributed by atoms with Crippen molar-refractivity contribution in [3.63, 3.8) is 0 Å². The smallest absolute Gasteiger partial charge is 0.0620 e. The molecule has 4 N–H and O–H groups in total. The number of anilines is 3. The van der Waals surface area contributed by atoms with Gasteiger partial charge in [0.1, 0.15) is 0 Å². The zero-order valence-electron chi connectivity index (χ0n) is 8.70. The number of allylic oxidation sites excluding steroid dienone is 1. The van der Waals surface area contributed by atoms with Crippen molar-refractivity contribution in [2.45, 2.75) is 6.92 Å². The van der Waals surface area contributed by atoms with E-state index in [1.54, 1.807) is 0 Å². The first kappa shape index (κ1) is 10.4. The van der Waals surface area contributed by atoms with Crippen LogP contribution in [-0.2, 0) is 0 Å². The van der Waals surface area contributed by atoms with Crippen LogP contribution >= 0.6 is 0 Å². The molecule has 0 bridgehead atoms. The maximum atomic E-state index is 5.84. The Morgan fingerprint density at radius 1 is 1.36 bits per heavy atom. The Labute approximate surface area is 85.0 Å². The maximum Gasteiger partial charge on any atom is 0.0620 e. The molecule has 0 fully saturated rings. The van der Waals surface area contributed by atoms with E-state index < -0.39 is 0 Å². The summed E-state index contributed by atoms with van der Waals surface area (Å²) in [6.45, 7) is 2.83. The van der Waals surface area contributed by atoms with Gasteiger partial charge in [-0.3, -0.25) is 0 Å². The number of hydrogen-bond acceptors (Lipinski definition) is 3. The number of nitrogens with two attached hydrogens (primary N) is 2. The summed E-state index contributed by atoms with van der Waals surface area (Å²) in [5.74, 6) is 0. The molecule has 0 aromatic heterocycles. The number of nitrogen functional groups attached to an aromatic ring is 2. The fourth-order valence-electron chi connectivity index (χ4n) is 1.25. The van der Waals surface area contributed by atoms with Crippen molar-refractivity contribution in [1.82, 2.24) is 0 Å². The fraction of sp³-hybridized carbons (Fsp3) is 0.273. The molecule has 0 spiro atoms. The van der Waals surface area contributed by atoms with Gasteiger partial charge in [-0.25, -0.2) is 0 Å². The molecular formula is C11H17N3. The molecule has 0 aliphatic rings. The van der Waals surface area contributed by atoms with Crippen molar-refractivity contribution < 1.29 is 0 Å². The number of benzene rings is 1. The Balaban J connectivity index is 2.87. The molecule has 0 radical (unpaired) electrons. The number of nitrogens with zero attached hydrogens (tertiary/aromatic N) is 1. The lowest BCUT2D eigenvalue weighted by molar-refractivity contribution is 1.03. The summed E-state index contributed by atoms with van der Waals surface area (Å²) in [5, 5.41) is 0. The van der Waals surface area contributed by atoms with E-state index in [2.05, 4.69) is 11.0 Å². The van der Waals surface area contributed by atoms with Crippen LogP contribution in [0.15, 0.2) is 30.4 Å². The van der Waals surface area contributed by atoms with Crippen LogP contribution in [0.25, 0.3) is 0 Å². The molecule has 0 aliphatic carbocycles. The fourth-order valence-corrected chi connectivity index (χ4v) is 1.25. The second-order valence-electron chi connectivity index (χ2n) is 3.27. The van der Waals surface area contributed by atoms with Crippen LogP contribution in [0, 0.1) is 0 Å². The van der Waals surface area contributed by atoms with Crippen molar-refractivity contribution in [2.24, 2.45) is 0 Å². The van der Waals surface area contributed by atoms with Gasteiger partial charge in [0.05, 0.1) is 11.4 Å². The zero-order valence-corrected chi connectivity index (χ0v) is 8.70. The van der Waals surface area contributed by atoms with Gasteiger partial charge in [-0.2, -0.15) is 0 Å². The van der Waals surface area contributed by atoms with E-state index in [-0.39, 0.29) is 0 Å². The topological polar surface area (TPSA) is 55.3 Å². The number of rotatable bonds is 3. The van der Waals surface area contributed by atoms with Crippen molar-refractivity contribution in [3.05, 3.63) is 30.4 Å². The predicted octanol–water partition coefficient (Wildman–Crippen LogP) is 1.86. The Bertz CT molecular complexity index is 331.